The Morgan fingerprint density at radius 3 is 2.72 bits per heavy atom. The van der Waals surface area contributed by atoms with Crippen molar-refractivity contribution in [1.29, 1.82) is 0 Å². The Bertz CT molecular complexity index is 377. The molecule has 1 aliphatic rings. The van der Waals surface area contributed by atoms with Crippen LogP contribution in [0.2, 0.25) is 0 Å². The van der Waals surface area contributed by atoms with Crippen LogP contribution in [0.1, 0.15) is 44.7 Å². The summed E-state index contributed by atoms with van der Waals surface area (Å²) < 4.78 is 5.82. The molecule has 0 aliphatic heterocycles. The quantitative estimate of drug-likeness (QED) is 0.576. The molecule has 1 fully saturated rings. The molecule has 1 aromatic rings. The van der Waals surface area contributed by atoms with Crippen LogP contribution in [-0.2, 0) is 0 Å². The summed E-state index contributed by atoms with van der Waals surface area (Å²) in [6.45, 7) is 5.15. The van der Waals surface area contributed by atoms with E-state index in [1.807, 2.05) is 12.1 Å². The average molecular weight is 248 g/mol. The maximum Gasteiger partial charge on any atom is 0.124 e. The van der Waals surface area contributed by atoms with Crippen molar-refractivity contribution in [3.63, 3.8) is 0 Å². The highest BCUT2D eigenvalue weighted by atomic mass is 16.5. The van der Waals surface area contributed by atoms with Gasteiger partial charge < -0.3 is 4.74 Å². The van der Waals surface area contributed by atoms with Crippen molar-refractivity contribution in [2.75, 3.05) is 6.61 Å². The van der Waals surface area contributed by atoms with E-state index in [1.54, 1.807) is 0 Å². The fraction of sp³-hybridized carbons (Fsp3) is 0.600. The second-order valence-corrected chi connectivity index (χ2v) is 5.23. The molecule has 0 spiro atoms. The lowest BCUT2D eigenvalue weighted by Gasteiger charge is -2.25. The molecule has 0 aromatic heterocycles. The number of para-hydroxylation sites is 1. The molecular weight excluding hydrogens is 224 g/mol. The maximum absolute atomic E-state index is 5.82. The van der Waals surface area contributed by atoms with Gasteiger partial charge in [0, 0.05) is 5.56 Å². The van der Waals surface area contributed by atoms with Crippen LogP contribution in [0.5, 0.6) is 5.75 Å². The Balaban J connectivity index is 2.17. The molecule has 1 aromatic carbocycles. The van der Waals surface area contributed by atoms with E-state index in [9.17, 15) is 0 Å². The van der Waals surface area contributed by atoms with Gasteiger partial charge in [-0.1, -0.05) is 32.0 Å². The van der Waals surface area contributed by atoms with Crippen molar-refractivity contribution in [1.82, 2.24) is 5.43 Å². The van der Waals surface area contributed by atoms with Crippen molar-refractivity contribution in [3.8, 4) is 5.75 Å². The zero-order chi connectivity index (χ0) is 13.0. The van der Waals surface area contributed by atoms with Crippen molar-refractivity contribution in [2.24, 2.45) is 17.7 Å². The number of nitrogens with two attached hydrogens (primary N) is 1. The third kappa shape index (κ3) is 3.03. The molecule has 3 heteroatoms. The number of nitrogens with one attached hydrogen (secondary N) is 1. The van der Waals surface area contributed by atoms with Gasteiger partial charge in [-0.25, -0.2) is 0 Å². The zero-order valence-electron chi connectivity index (χ0n) is 11.4. The van der Waals surface area contributed by atoms with Crippen LogP contribution in [0.25, 0.3) is 0 Å². The van der Waals surface area contributed by atoms with E-state index in [1.165, 1.54) is 18.4 Å². The molecular formula is C15H24N2O. The molecule has 0 heterocycles. The van der Waals surface area contributed by atoms with E-state index >= 15 is 0 Å². The Hall–Kier alpha value is -1.06. The Morgan fingerprint density at radius 2 is 2.11 bits per heavy atom. The molecule has 2 rings (SSSR count). The first-order valence-corrected chi connectivity index (χ1v) is 6.95. The van der Waals surface area contributed by atoms with Gasteiger partial charge in [0.05, 0.1) is 12.6 Å². The van der Waals surface area contributed by atoms with Gasteiger partial charge in [-0.2, -0.15) is 0 Å². The molecule has 2 unspecified atom stereocenters. The first kappa shape index (κ1) is 13.4. The van der Waals surface area contributed by atoms with Gasteiger partial charge in [0.2, 0.25) is 0 Å². The molecule has 0 bridgehead atoms. The summed E-state index contributed by atoms with van der Waals surface area (Å²) in [4.78, 5) is 0. The number of hydrazine groups is 1. The van der Waals surface area contributed by atoms with Crippen molar-refractivity contribution >= 4 is 0 Å². The largest absolute Gasteiger partial charge is 0.493 e. The Labute approximate surface area is 110 Å². The van der Waals surface area contributed by atoms with E-state index < -0.39 is 0 Å². The van der Waals surface area contributed by atoms with E-state index in [4.69, 9.17) is 10.6 Å². The number of ether oxygens (including phenoxy) is 1. The molecule has 2 atom stereocenters. The van der Waals surface area contributed by atoms with Gasteiger partial charge in [0.1, 0.15) is 5.75 Å². The third-order valence-electron chi connectivity index (χ3n) is 3.79. The normalized spacial score (nSPS) is 18.4. The lowest BCUT2D eigenvalue weighted by atomic mass is 9.90. The first-order valence-electron chi connectivity index (χ1n) is 6.95. The summed E-state index contributed by atoms with van der Waals surface area (Å²) in [6.07, 6.45) is 3.68. The number of hydrogen-bond acceptors (Lipinski definition) is 3. The summed E-state index contributed by atoms with van der Waals surface area (Å²) in [7, 11) is 0. The minimum atomic E-state index is 0.186. The fourth-order valence-corrected chi connectivity index (χ4v) is 2.50. The molecule has 1 saturated carbocycles. The zero-order valence-corrected chi connectivity index (χ0v) is 11.4. The Kier molecular flexibility index (Phi) is 4.61. The Morgan fingerprint density at radius 1 is 1.39 bits per heavy atom. The molecule has 0 amide bonds. The van der Waals surface area contributed by atoms with Crippen LogP contribution in [0.3, 0.4) is 0 Å². The number of rotatable bonds is 7. The van der Waals surface area contributed by atoms with Crippen molar-refractivity contribution in [3.05, 3.63) is 29.8 Å². The standard InChI is InChI=1S/C15H24N2O/c1-3-10-18-14-7-5-4-6-13(14)15(17-16)11(2)12-8-9-12/h4-7,11-12,15,17H,3,8-10,16H2,1-2H3. The van der Waals surface area contributed by atoms with E-state index in [0.29, 0.717) is 5.92 Å². The predicted octanol–water partition coefficient (Wildman–Crippen LogP) is 3.03. The lowest BCUT2D eigenvalue weighted by molar-refractivity contribution is 0.295. The summed E-state index contributed by atoms with van der Waals surface area (Å²) in [5.41, 5.74) is 4.16. The molecule has 0 saturated heterocycles. The second-order valence-electron chi connectivity index (χ2n) is 5.23. The SMILES string of the molecule is CCCOc1ccccc1C(NN)C(C)C1CC1. The highest BCUT2D eigenvalue weighted by Crippen LogP contribution is 2.43. The molecule has 1 aliphatic carbocycles. The minimum Gasteiger partial charge on any atom is -0.493 e. The van der Waals surface area contributed by atoms with Gasteiger partial charge in [-0.15, -0.1) is 0 Å². The van der Waals surface area contributed by atoms with Gasteiger partial charge in [-0.05, 0) is 37.2 Å². The molecule has 100 valence electrons. The van der Waals surface area contributed by atoms with Gasteiger partial charge >= 0.3 is 0 Å². The van der Waals surface area contributed by atoms with Crippen LogP contribution in [0, 0.1) is 11.8 Å². The fourth-order valence-electron chi connectivity index (χ4n) is 2.50. The topological polar surface area (TPSA) is 47.3 Å². The molecule has 3 N–H and O–H groups in total. The highest BCUT2D eigenvalue weighted by Gasteiger charge is 2.34. The van der Waals surface area contributed by atoms with E-state index in [2.05, 4.69) is 31.4 Å². The number of hydrogen-bond donors (Lipinski definition) is 2. The summed E-state index contributed by atoms with van der Waals surface area (Å²) in [5.74, 6) is 8.10. The maximum atomic E-state index is 5.82. The summed E-state index contributed by atoms with van der Waals surface area (Å²) in [6, 6.07) is 8.41. The molecule has 3 nitrogen and oxygen atoms in total. The van der Waals surface area contributed by atoms with Crippen molar-refractivity contribution in [2.45, 2.75) is 39.2 Å². The van der Waals surface area contributed by atoms with Gasteiger partial charge in [-0.3, -0.25) is 11.3 Å². The second kappa shape index (κ2) is 6.21. The smallest absolute Gasteiger partial charge is 0.124 e. The van der Waals surface area contributed by atoms with Gasteiger partial charge in [0.25, 0.3) is 0 Å². The predicted molar refractivity (Wildman–Crippen MR) is 74.2 cm³/mol. The van der Waals surface area contributed by atoms with E-state index in [-0.39, 0.29) is 6.04 Å². The minimum absolute atomic E-state index is 0.186. The van der Waals surface area contributed by atoms with Crippen LogP contribution < -0.4 is 16.0 Å². The van der Waals surface area contributed by atoms with E-state index in [0.717, 1.165) is 24.7 Å². The molecule has 0 radical (unpaired) electrons. The third-order valence-corrected chi connectivity index (χ3v) is 3.79. The van der Waals surface area contributed by atoms with Crippen LogP contribution in [-0.4, -0.2) is 6.61 Å². The first-order chi connectivity index (χ1) is 8.77. The lowest BCUT2D eigenvalue weighted by Crippen LogP contribution is -2.33. The number of benzene rings is 1. The average Bonchev–Trinajstić information content (AvgIpc) is 3.22. The van der Waals surface area contributed by atoms with Crippen molar-refractivity contribution < 1.29 is 4.74 Å². The van der Waals surface area contributed by atoms with Crippen LogP contribution in [0.4, 0.5) is 0 Å². The van der Waals surface area contributed by atoms with Crippen LogP contribution >= 0.6 is 0 Å². The highest BCUT2D eigenvalue weighted by molar-refractivity contribution is 5.36. The summed E-state index contributed by atoms with van der Waals surface area (Å²) >= 11 is 0. The van der Waals surface area contributed by atoms with Crippen LogP contribution in [0.15, 0.2) is 24.3 Å². The molecule has 18 heavy (non-hydrogen) atoms. The monoisotopic (exact) mass is 248 g/mol. The van der Waals surface area contributed by atoms with Gasteiger partial charge in [0.15, 0.2) is 0 Å². The summed E-state index contributed by atoms with van der Waals surface area (Å²) in [5, 5.41) is 0.